The average Bonchev–Trinajstić information content (AvgIpc) is 3.28. The Hall–Kier alpha value is -2.60. The molecule has 8 nitrogen and oxygen atoms in total. The van der Waals surface area contributed by atoms with E-state index in [0.717, 1.165) is 28.6 Å². The summed E-state index contributed by atoms with van der Waals surface area (Å²) < 4.78 is 51.0. The second-order valence-corrected chi connectivity index (χ2v) is 13.6. The number of amides is 1. The highest BCUT2D eigenvalue weighted by Gasteiger charge is 2.32. The fraction of sp³-hybridized carbons (Fsp3) is 0.333. The molecule has 186 valence electrons. The monoisotopic (exact) mass is 533 g/mol. The van der Waals surface area contributed by atoms with Gasteiger partial charge < -0.3 is 5.32 Å². The maximum atomic E-state index is 13.0. The lowest BCUT2D eigenvalue weighted by Gasteiger charge is -2.30. The third kappa shape index (κ3) is 5.64. The van der Waals surface area contributed by atoms with E-state index in [1.54, 1.807) is 0 Å². The van der Waals surface area contributed by atoms with Gasteiger partial charge in [0.2, 0.25) is 15.9 Å². The van der Waals surface area contributed by atoms with Gasteiger partial charge in [0.05, 0.1) is 15.5 Å². The van der Waals surface area contributed by atoms with Crippen molar-refractivity contribution < 1.29 is 21.6 Å². The zero-order valence-corrected chi connectivity index (χ0v) is 22.1. The number of anilines is 1. The van der Waals surface area contributed by atoms with Gasteiger partial charge in [-0.25, -0.2) is 21.8 Å². The first-order chi connectivity index (χ1) is 16.4. The van der Waals surface area contributed by atoms with Crippen LogP contribution in [0.4, 0.5) is 5.13 Å². The number of carbonyl (C=O) groups excluding carboxylic acids is 1. The third-order valence-electron chi connectivity index (χ3n) is 6.10. The van der Waals surface area contributed by atoms with E-state index >= 15 is 0 Å². The predicted molar refractivity (Wildman–Crippen MR) is 137 cm³/mol. The SMILES string of the molecule is Cc1ccc(C)c(-c2csc(NC(=O)C3CCN(S(=O)(=O)c4cccc(S(C)(=O)=O)c4)CC3)n2)c1. The van der Waals surface area contributed by atoms with Gasteiger partial charge in [0.15, 0.2) is 15.0 Å². The van der Waals surface area contributed by atoms with Crippen molar-refractivity contribution in [3.8, 4) is 11.3 Å². The number of sulfonamides is 1. The summed E-state index contributed by atoms with van der Waals surface area (Å²) in [5, 5.41) is 5.31. The molecule has 1 saturated heterocycles. The highest BCUT2D eigenvalue weighted by Crippen LogP contribution is 2.30. The number of aryl methyl sites for hydroxylation is 2. The topological polar surface area (TPSA) is 114 Å². The number of benzene rings is 2. The molecule has 0 spiro atoms. The van der Waals surface area contributed by atoms with Crippen LogP contribution in [0.5, 0.6) is 0 Å². The zero-order valence-electron chi connectivity index (χ0n) is 19.7. The molecule has 4 rings (SSSR count). The van der Waals surface area contributed by atoms with Gasteiger partial charge >= 0.3 is 0 Å². The standard InChI is InChI=1S/C24H27N3O5S3/c1-16-7-8-17(2)21(13-16)22-15-33-24(25-22)26-23(28)18-9-11-27(12-10-18)35(31,32)20-6-4-5-19(14-20)34(3,29)30/h4-8,13-15,18H,9-12H2,1-3H3,(H,25,26,28). The molecule has 1 amide bonds. The van der Waals surface area contributed by atoms with E-state index in [4.69, 9.17) is 0 Å². The number of nitrogens with zero attached hydrogens (tertiary/aromatic N) is 2. The first-order valence-corrected chi connectivity index (χ1v) is 15.3. The van der Waals surface area contributed by atoms with Gasteiger partial charge in [-0.2, -0.15) is 4.31 Å². The minimum atomic E-state index is -3.86. The minimum Gasteiger partial charge on any atom is -0.302 e. The van der Waals surface area contributed by atoms with Crippen LogP contribution >= 0.6 is 11.3 Å². The van der Waals surface area contributed by atoms with Crippen molar-refractivity contribution in [1.82, 2.24) is 9.29 Å². The zero-order chi connectivity index (χ0) is 25.4. The Balaban J connectivity index is 1.40. The second-order valence-electron chi connectivity index (χ2n) is 8.77. The summed E-state index contributed by atoms with van der Waals surface area (Å²) in [4.78, 5) is 17.3. The number of nitrogens with one attached hydrogen (secondary N) is 1. The van der Waals surface area contributed by atoms with Crippen LogP contribution < -0.4 is 5.32 Å². The number of rotatable bonds is 6. The number of aromatic nitrogens is 1. The van der Waals surface area contributed by atoms with E-state index in [9.17, 15) is 21.6 Å². The van der Waals surface area contributed by atoms with Gasteiger partial charge in [-0.3, -0.25) is 4.79 Å². The molecule has 11 heteroatoms. The smallest absolute Gasteiger partial charge is 0.243 e. The lowest BCUT2D eigenvalue weighted by Crippen LogP contribution is -2.41. The average molecular weight is 534 g/mol. The van der Waals surface area contributed by atoms with Gasteiger partial charge in [0.25, 0.3) is 0 Å². The normalized spacial score (nSPS) is 15.7. The maximum Gasteiger partial charge on any atom is 0.243 e. The van der Waals surface area contributed by atoms with Gasteiger partial charge in [-0.05, 0) is 56.5 Å². The molecule has 0 atom stereocenters. The molecule has 0 bridgehead atoms. The van der Waals surface area contributed by atoms with Crippen molar-refractivity contribution in [2.24, 2.45) is 5.92 Å². The summed E-state index contributed by atoms with van der Waals surface area (Å²) in [5.74, 6) is -0.514. The van der Waals surface area contributed by atoms with E-state index in [1.165, 1.54) is 39.9 Å². The summed E-state index contributed by atoms with van der Waals surface area (Å²) >= 11 is 1.36. The molecule has 3 aromatic rings. The predicted octanol–water partition coefficient (Wildman–Crippen LogP) is 3.87. The molecule has 1 fully saturated rings. The molecule has 1 aromatic heterocycles. The summed E-state index contributed by atoms with van der Waals surface area (Å²) in [6.07, 6.45) is 1.77. The fourth-order valence-corrected chi connectivity index (χ4v) is 7.02. The molecule has 2 aromatic carbocycles. The molecule has 1 aliphatic rings. The van der Waals surface area contributed by atoms with E-state index in [2.05, 4.69) is 16.4 Å². The molecule has 1 N–H and O–H groups in total. The number of thiazole rings is 1. The molecule has 2 heterocycles. The van der Waals surface area contributed by atoms with Crippen molar-refractivity contribution in [2.75, 3.05) is 24.7 Å². The number of carbonyl (C=O) groups is 1. The molecule has 0 aliphatic carbocycles. The van der Waals surface area contributed by atoms with E-state index < -0.39 is 19.9 Å². The summed E-state index contributed by atoms with van der Waals surface area (Å²) in [6.45, 7) is 4.39. The van der Waals surface area contributed by atoms with E-state index in [-0.39, 0.29) is 34.7 Å². The first kappa shape index (κ1) is 25.5. The van der Waals surface area contributed by atoms with Crippen molar-refractivity contribution in [2.45, 2.75) is 36.5 Å². The molecule has 35 heavy (non-hydrogen) atoms. The maximum absolute atomic E-state index is 13.0. The lowest BCUT2D eigenvalue weighted by molar-refractivity contribution is -0.120. The van der Waals surface area contributed by atoms with Gasteiger partial charge in [-0.1, -0.05) is 23.8 Å². The number of piperidine rings is 1. The van der Waals surface area contributed by atoms with Crippen molar-refractivity contribution in [3.05, 3.63) is 59.0 Å². The Morgan fingerprint density at radius 2 is 1.71 bits per heavy atom. The molecule has 0 radical (unpaired) electrons. The molecule has 0 unspecified atom stereocenters. The van der Waals surface area contributed by atoms with Crippen LogP contribution in [-0.2, 0) is 24.7 Å². The number of hydrogen-bond acceptors (Lipinski definition) is 7. The van der Waals surface area contributed by atoms with Crippen molar-refractivity contribution >= 4 is 42.2 Å². The van der Waals surface area contributed by atoms with Gasteiger partial charge in [0.1, 0.15) is 0 Å². The Morgan fingerprint density at radius 1 is 1.03 bits per heavy atom. The summed E-state index contributed by atoms with van der Waals surface area (Å²) in [6, 6.07) is 11.5. The van der Waals surface area contributed by atoms with Crippen LogP contribution in [0.15, 0.2) is 57.6 Å². The molecule has 1 aliphatic heterocycles. The van der Waals surface area contributed by atoms with E-state index in [1.807, 2.05) is 31.4 Å². The Morgan fingerprint density at radius 3 is 2.40 bits per heavy atom. The number of hydrogen-bond donors (Lipinski definition) is 1. The van der Waals surface area contributed by atoms with Crippen LogP contribution in [-0.4, -0.2) is 51.4 Å². The fourth-order valence-electron chi connectivity index (χ4n) is 4.05. The highest BCUT2D eigenvalue weighted by atomic mass is 32.2. The van der Waals surface area contributed by atoms with Crippen LogP contribution in [0.2, 0.25) is 0 Å². The Bertz CT molecular complexity index is 1470. The van der Waals surface area contributed by atoms with Crippen LogP contribution in [0.3, 0.4) is 0 Å². The van der Waals surface area contributed by atoms with Crippen molar-refractivity contribution in [1.29, 1.82) is 0 Å². The summed E-state index contributed by atoms with van der Waals surface area (Å²) in [7, 11) is -7.39. The van der Waals surface area contributed by atoms with Gasteiger partial charge in [0, 0.05) is 36.2 Å². The van der Waals surface area contributed by atoms with Crippen molar-refractivity contribution in [3.63, 3.8) is 0 Å². The minimum absolute atomic E-state index is 0.0449. The third-order valence-corrected chi connectivity index (χ3v) is 9.86. The largest absolute Gasteiger partial charge is 0.302 e. The first-order valence-electron chi connectivity index (χ1n) is 11.1. The van der Waals surface area contributed by atoms with Gasteiger partial charge in [-0.15, -0.1) is 11.3 Å². The quantitative estimate of drug-likeness (QED) is 0.515. The van der Waals surface area contributed by atoms with Crippen LogP contribution in [0.1, 0.15) is 24.0 Å². The summed E-state index contributed by atoms with van der Waals surface area (Å²) in [5.41, 5.74) is 4.08. The highest BCUT2D eigenvalue weighted by molar-refractivity contribution is 7.91. The van der Waals surface area contributed by atoms with E-state index in [0.29, 0.717) is 18.0 Å². The van der Waals surface area contributed by atoms with Crippen LogP contribution in [0.25, 0.3) is 11.3 Å². The Labute approximate surface area is 210 Å². The second kappa shape index (κ2) is 9.81. The number of sulfone groups is 1. The van der Waals surface area contributed by atoms with Crippen LogP contribution in [0, 0.1) is 19.8 Å². The molecular formula is C24H27N3O5S3. The Kier molecular flexibility index (Phi) is 7.14. The molecule has 0 saturated carbocycles. The molecular weight excluding hydrogens is 506 g/mol. The lowest BCUT2D eigenvalue weighted by atomic mass is 9.97.